The maximum atomic E-state index is 12.3. The van der Waals surface area contributed by atoms with E-state index in [0.717, 1.165) is 64.3 Å². The third kappa shape index (κ3) is 7.07. The van der Waals surface area contributed by atoms with Crippen LogP contribution >= 0.6 is 0 Å². The average Bonchev–Trinajstić information content (AvgIpc) is 2.77. The van der Waals surface area contributed by atoms with E-state index in [0.29, 0.717) is 10.8 Å². The predicted octanol–water partition coefficient (Wildman–Crippen LogP) is 3.10. The topological polar surface area (TPSA) is 73.4 Å². The SMILES string of the molecule is CN(C)S(=O)(=O)c1ccc(N2CCN(CCC3CCN(C(=O)OC(C)(C)C)CC3)CC2)cc1. The highest BCUT2D eigenvalue weighted by Gasteiger charge is 2.27. The van der Waals surface area contributed by atoms with E-state index in [1.807, 2.05) is 37.8 Å². The van der Waals surface area contributed by atoms with Crippen LogP contribution in [-0.4, -0.2) is 94.1 Å². The quantitative estimate of drug-likeness (QED) is 0.623. The first-order chi connectivity index (χ1) is 15.5. The zero-order valence-electron chi connectivity index (χ0n) is 20.8. The highest BCUT2D eigenvalue weighted by atomic mass is 32.2. The highest BCUT2D eigenvalue weighted by molar-refractivity contribution is 7.89. The summed E-state index contributed by atoms with van der Waals surface area (Å²) in [6.07, 6.45) is 3.06. The Morgan fingerprint density at radius 1 is 1.00 bits per heavy atom. The first-order valence-electron chi connectivity index (χ1n) is 11.9. The molecular weight excluding hydrogens is 440 g/mol. The molecule has 0 spiro atoms. The Hall–Kier alpha value is -1.84. The minimum absolute atomic E-state index is 0.190. The molecule has 2 saturated heterocycles. The molecule has 0 N–H and O–H groups in total. The number of likely N-dealkylation sites (tertiary alicyclic amines) is 1. The van der Waals surface area contributed by atoms with Crippen molar-refractivity contribution in [3.05, 3.63) is 24.3 Å². The Balaban J connectivity index is 1.39. The number of hydrogen-bond acceptors (Lipinski definition) is 6. The van der Waals surface area contributed by atoms with E-state index in [1.165, 1.54) is 10.7 Å². The van der Waals surface area contributed by atoms with E-state index >= 15 is 0 Å². The molecule has 9 heteroatoms. The maximum absolute atomic E-state index is 12.3. The normalized spacial score (nSPS) is 19.2. The first kappa shape index (κ1) is 25.8. The number of ether oxygens (including phenoxy) is 1. The molecule has 1 aromatic carbocycles. The number of rotatable bonds is 6. The second kappa shape index (κ2) is 10.6. The third-order valence-electron chi connectivity index (χ3n) is 6.47. The monoisotopic (exact) mass is 480 g/mol. The molecule has 2 fully saturated rings. The molecule has 2 heterocycles. The zero-order chi connectivity index (χ0) is 24.2. The van der Waals surface area contributed by atoms with Gasteiger partial charge in [0.2, 0.25) is 10.0 Å². The number of amides is 1. The molecule has 0 atom stereocenters. The van der Waals surface area contributed by atoms with E-state index in [-0.39, 0.29) is 6.09 Å². The standard InChI is InChI=1S/C24H40N4O4S/c1-24(2,3)32-23(29)28-14-11-20(12-15-28)10-13-26-16-18-27(19-17-26)21-6-8-22(9-7-21)33(30,31)25(4)5/h6-9,20H,10-19H2,1-5H3. The lowest BCUT2D eigenvalue weighted by Gasteiger charge is -2.38. The molecule has 186 valence electrons. The molecule has 3 rings (SSSR count). The lowest BCUT2D eigenvalue weighted by Crippen LogP contribution is -2.47. The Morgan fingerprint density at radius 2 is 1.58 bits per heavy atom. The minimum Gasteiger partial charge on any atom is -0.444 e. The largest absolute Gasteiger partial charge is 0.444 e. The minimum atomic E-state index is -3.39. The smallest absolute Gasteiger partial charge is 0.410 e. The molecule has 0 aromatic heterocycles. The van der Waals surface area contributed by atoms with Gasteiger partial charge < -0.3 is 14.5 Å². The predicted molar refractivity (Wildman–Crippen MR) is 131 cm³/mol. The molecule has 1 amide bonds. The van der Waals surface area contributed by atoms with E-state index < -0.39 is 15.6 Å². The lowest BCUT2D eigenvalue weighted by atomic mass is 9.93. The zero-order valence-corrected chi connectivity index (χ0v) is 21.6. The van der Waals surface area contributed by atoms with Crippen molar-refractivity contribution in [3.8, 4) is 0 Å². The Labute approximate surface area is 199 Å². The van der Waals surface area contributed by atoms with Gasteiger partial charge in [0.25, 0.3) is 0 Å². The van der Waals surface area contributed by atoms with Crippen LogP contribution < -0.4 is 4.90 Å². The van der Waals surface area contributed by atoms with Crippen molar-refractivity contribution in [3.63, 3.8) is 0 Å². The number of piperazine rings is 1. The van der Waals surface area contributed by atoms with Crippen molar-refractivity contribution < 1.29 is 17.9 Å². The molecule has 2 aliphatic rings. The van der Waals surface area contributed by atoms with Crippen LogP contribution in [-0.2, 0) is 14.8 Å². The van der Waals surface area contributed by atoms with E-state index in [4.69, 9.17) is 4.74 Å². The molecular formula is C24H40N4O4S. The van der Waals surface area contributed by atoms with Gasteiger partial charge in [-0.15, -0.1) is 0 Å². The van der Waals surface area contributed by atoms with Gasteiger partial charge in [0, 0.05) is 59.1 Å². The van der Waals surface area contributed by atoms with Gasteiger partial charge in [0.15, 0.2) is 0 Å². The van der Waals surface area contributed by atoms with Gasteiger partial charge >= 0.3 is 6.09 Å². The van der Waals surface area contributed by atoms with Crippen LogP contribution in [0.3, 0.4) is 0 Å². The molecule has 0 radical (unpaired) electrons. The lowest BCUT2D eigenvalue weighted by molar-refractivity contribution is 0.0177. The average molecular weight is 481 g/mol. The van der Waals surface area contributed by atoms with E-state index in [1.54, 1.807) is 26.2 Å². The van der Waals surface area contributed by atoms with Crippen LogP contribution in [0.1, 0.15) is 40.0 Å². The van der Waals surface area contributed by atoms with Crippen molar-refractivity contribution >= 4 is 21.8 Å². The molecule has 0 bridgehead atoms. The van der Waals surface area contributed by atoms with Crippen LogP contribution in [0.15, 0.2) is 29.2 Å². The summed E-state index contributed by atoms with van der Waals surface area (Å²) in [7, 11) is -0.293. The van der Waals surface area contributed by atoms with Crippen molar-refractivity contribution in [2.75, 3.05) is 64.8 Å². The fourth-order valence-electron chi connectivity index (χ4n) is 4.37. The fourth-order valence-corrected chi connectivity index (χ4v) is 5.27. The van der Waals surface area contributed by atoms with E-state index in [2.05, 4.69) is 9.80 Å². The number of sulfonamides is 1. The molecule has 0 saturated carbocycles. The van der Waals surface area contributed by atoms with Gasteiger partial charge in [0.1, 0.15) is 5.60 Å². The maximum Gasteiger partial charge on any atom is 0.410 e. The molecule has 2 aliphatic heterocycles. The van der Waals surface area contributed by atoms with E-state index in [9.17, 15) is 13.2 Å². The summed E-state index contributed by atoms with van der Waals surface area (Å²) in [5.74, 6) is 0.660. The van der Waals surface area contributed by atoms with Crippen molar-refractivity contribution in [1.82, 2.24) is 14.1 Å². The second-order valence-electron chi connectivity index (χ2n) is 10.3. The Bertz CT molecular complexity index is 880. The van der Waals surface area contributed by atoms with Crippen molar-refractivity contribution in [2.24, 2.45) is 5.92 Å². The molecule has 33 heavy (non-hydrogen) atoms. The number of benzene rings is 1. The van der Waals surface area contributed by atoms with Crippen LogP contribution in [0.25, 0.3) is 0 Å². The second-order valence-corrected chi connectivity index (χ2v) is 12.5. The summed E-state index contributed by atoms with van der Waals surface area (Å²) in [4.78, 5) is 19.2. The van der Waals surface area contributed by atoms with Gasteiger partial charge in [0.05, 0.1) is 4.90 Å². The van der Waals surface area contributed by atoms with Crippen LogP contribution in [0, 0.1) is 5.92 Å². The highest BCUT2D eigenvalue weighted by Crippen LogP contribution is 2.24. The van der Waals surface area contributed by atoms with Crippen molar-refractivity contribution in [1.29, 1.82) is 0 Å². The number of nitrogens with zero attached hydrogens (tertiary/aromatic N) is 4. The van der Waals surface area contributed by atoms with Gasteiger partial charge in [-0.3, -0.25) is 4.90 Å². The van der Waals surface area contributed by atoms with Gasteiger partial charge in [-0.2, -0.15) is 0 Å². The number of carbonyl (C=O) groups is 1. The summed E-state index contributed by atoms with van der Waals surface area (Å²) in [5, 5.41) is 0. The summed E-state index contributed by atoms with van der Waals surface area (Å²) in [5.41, 5.74) is 0.629. The van der Waals surface area contributed by atoms with Crippen LogP contribution in [0.5, 0.6) is 0 Å². The van der Waals surface area contributed by atoms with Crippen LogP contribution in [0.2, 0.25) is 0 Å². The summed E-state index contributed by atoms with van der Waals surface area (Å²) < 4.78 is 31.2. The number of piperidine rings is 1. The fraction of sp³-hybridized carbons (Fsp3) is 0.708. The van der Waals surface area contributed by atoms with Crippen LogP contribution in [0.4, 0.5) is 10.5 Å². The first-order valence-corrected chi connectivity index (χ1v) is 13.4. The molecule has 0 aliphatic carbocycles. The summed E-state index contributed by atoms with van der Waals surface area (Å²) in [6.45, 7) is 12.3. The third-order valence-corrected chi connectivity index (χ3v) is 8.30. The Kier molecular flexibility index (Phi) is 8.29. The Morgan fingerprint density at radius 3 is 2.09 bits per heavy atom. The molecule has 1 aromatic rings. The number of anilines is 1. The van der Waals surface area contributed by atoms with Gasteiger partial charge in [-0.05, 0) is 76.8 Å². The van der Waals surface area contributed by atoms with Gasteiger partial charge in [-0.25, -0.2) is 17.5 Å². The molecule has 8 nitrogen and oxygen atoms in total. The summed E-state index contributed by atoms with van der Waals surface area (Å²) >= 11 is 0. The van der Waals surface area contributed by atoms with Crippen molar-refractivity contribution in [2.45, 2.75) is 50.5 Å². The number of carbonyl (C=O) groups excluding carboxylic acids is 1. The molecule has 0 unspecified atom stereocenters. The van der Waals surface area contributed by atoms with Gasteiger partial charge in [-0.1, -0.05) is 0 Å². The summed E-state index contributed by atoms with van der Waals surface area (Å²) in [6, 6.07) is 7.20. The number of hydrogen-bond donors (Lipinski definition) is 0.